The molecule has 2 atom stereocenters. The fourth-order valence-electron chi connectivity index (χ4n) is 2.82. The average Bonchev–Trinajstić information content (AvgIpc) is 2.68. The van der Waals surface area contributed by atoms with Crippen LogP contribution < -0.4 is 5.32 Å². The SMILES string of the molecule is CC(C)C[C@@H]([C@H](C)NC(=O)O)N1C(=O)c2ccccc2C1=O. The molecule has 1 aliphatic heterocycles. The van der Waals surface area contributed by atoms with Gasteiger partial charge < -0.3 is 10.4 Å². The van der Waals surface area contributed by atoms with Crippen LogP contribution >= 0.6 is 0 Å². The molecule has 22 heavy (non-hydrogen) atoms. The van der Waals surface area contributed by atoms with Crippen LogP contribution in [-0.4, -0.2) is 40.0 Å². The van der Waals surface area contributed by atoms with E-state index >= 15 is 0 Å². The van der Waals surface area contributed by atoms with Gasteiger partial charge in [-0.1, -0.05) is 26.0 Å². The predicted octanol–water partition coefficient (Wildman–Crippen LogP) is 2.35. The van der Waals surface area contributed by atoms with Gasteiger partial charge in [-0.3, -0.25) is 14.5 Å². The first kappa shape index (κ1) is 16.0. The maximum absolute atomic E-state index is 12.6. The Morgan fingerprint density at radius 2 is 1.64 bits per heavy atom. The smallest absolute Gasteiger partial charge is 0.404 e. The maximum atomic E-state index is 12.6. The second kappa shape index (κ2) is 6.17. The van der Waals surface area contributed by atoms with Gasteiger partial charge in [0.2, 0.25) is 0 Å². The highest BCUT2D eigenvalue weighted by atomic mass is 16.4. The van der Waals surface area contributed by atoms with Gasteiger partial charge in [0, 0.05) is 0 Å². The van der Waals surface area contributed by atoms with E-state index in [0.29, 0.717) is 17.5 Å². The van der Waals surface area contributed by atoms with Crippen LogP contribution in [0.5, 0.6) is 0 Å². The Bertz CT molecular complexity index is 577. The topological polar surface area (TPSA) is 86.7 Å². The van der Waals surface area contributed by atoms with Crippen molar-refractivity contribution < 1.29 is 19.5 Å². The van der Waals surface area contributed by atoms with Crippen LogP contribution in [0.2, 0.25) is 0 Å². The molecule has 6 heteroatoms. The number of rotatable bonds is 5. The van der Waals surface area contributed by atoms with Crippen molar-refractivity contribution in [1.29, 1.82) is 0 Å². The first-order chi connectivity index (χ1) is 10.3. The Hall–Kier alpha value is -2.37. The van der Waals surface area contributed by atoms with Crippen molar-refractivity contribution in [2.24, 2.45) is 5.92 Å². The number of carbonyl (C=O) groups is 3. The highest BCUT2D eigenvalue weighted by Crippen LogP contribution is 2.28. The zero-order valence-corrected chi connectivity index (χ0v) is 12.9. The second-order valence-corrected chi connectivity index (χ2v) is 5.96. The molecule has 118 valence electrons. The van der Waals surface area contributed by atoms with Crippen LogP contribution in [0.15, 0.2) is 24.3 Å². The number of imide groups is 1. The number of carboxylic acid groups (broad SMARTS) is 1. The number of carbonyl (C=O) groups excluding carboxylic acids is 2. The molecule has 1 aromatic rings. The molecule has 2 N–H and O–H groups in total. The number of nitrogens with zero attached hydrogens (tertiary/aromatic N) is 1. The maximum Gasteiger partial charge on any atom is 0.404 e. The lowest BCUT2D eigenvalue weighted by molar-refractivity contribution is 0.0527. The lowest BCUT2D eigenvalue weighted by Gasteiger charge is -2.32. The standard InChI is InChI=1S/C16H20N2O4/c1-9(2)8-13(10(3)17-16(21)22)18-14(19)11-6-4-5-7-12(11)15(18)20/h4-7,9-10,13,17H,8H2,1-3H3,(H,21,22)/t10-,13-/m0/s1. The molecule has 0 spiro atoms. The fourth-order valence-corrected chi connectivity index (χ4v) is 2.82. The zero-order chi connectivity index (χ0) is 16.4. The van der Waals surface area contributed by atoms with E-state index in [1.54, 1.807) is 31.2 Å². The summed E-state index contributed by atoms with van der Waals surface area (Å²) in [5.41, 5.74) is 0.757. The largest absolute Gasteiger partial charge is 0.465 e. The van der Waals surface area contributed by atoms with Gasteiger partial charge in [0.15, 0.2) is 0 Å². The van der Waals surface area contributed by atoms with E-state index in [1.165, 1.54) is 4.90 Å². The summed E-state index contributed by atoms with van der Waals surface area (Å²) in [6, 6.07) is 5.62. The van der Waals surface area contributed by atoms with E-state index in [9.17, 15) is 14.4 Å². The average molecular weight is 304 g/mol. The quantitative estimate of drug-likeness (QED) is 0.818. The van der Waals surface area contributed by atoms with E-state index < -0.39 is 18.2 Å². The number of amides is 3. The summed E-state index contributed by atoms with van der Waals surface area (Å²) in [5.74, 6) is -0.497. The van der Waals surface area contributed by atoms with Gasteiger partial charge in [-0.15, -0.1) is 0 Å². The molecule has 0 unspecified atom stereocenters. The van der Waals surface area contributed by atoms with Crippen molar-refractivity contribution in [2.75, 3.05) is 0 Å². The van der Waals surface area contributed by atoms with E-state index in [2.05, 4.69) is 5.32 Å². The van der Waals surface area contributed by atoms with Gasteiger partial charge in [-0.05, 0) is 31.4 Å². The van der Waals surface area contributed by atoms with Crippen molar-refractivity contribution >= 4 is 17.9 Å². The molecule has 1 aliphatic rings. The molecule has 1 heterocycles. The molecular formula is C16H20N2O4. The number of hydrogen-bond donors (Lipinski definition) is 2. The lowest BCUT2D eigenvalue weighted by atomic mass is 9.97. The van der Waals surface area contributed by atoms with Gasteiger partial charge in [0.1, 0.15) is 0 Å². The highest BCUT2D eigenvalue weighted by Gasteiger charge is 2.42. The summed E-state index contributed by atoms with van der Waals surface area (Å²) in [7, 11) is 0. The van der Waals surface area contributed by atoms with Crippen molar-refractivity contribution in [1.82, 2.24) is 10.2 Å². The second-order valence-electron chi connectivity index (χ2n) is 5.96. The van der Waals surface area contributed by atoms with E-state index in [1.807, 2.05) is 13.8 Å². The minimum absolute atomic E-state index is 0.215. The molecule has 0 saturated heterocycles. The van der Waals surface area contributed by atoms with Crippen LogP contribution in [0.3, 0.4) is 0 Å². The minimum Gasteiger partial charge on any atom is -0.465 e. The monoisotopic (exact) mass is 304 g/mol. The summed E-state index contributed by atoms with van der Waals surface area (Å²) < 4.78 is 0. The van der Waals surface area contributed by atoms with Crippen molar-refractivity contribution in [3.8, 4) is 0 Å². The van der Waals surface area contributed by atoms with Crippen molar-refractivity contribution in [3.63, 3.8) is 0 Å². The van der Waals surface area contributed by atoms with Crippen LogP contribution in [0.1, 0.15) is 47.9 Å². The summed E-state index contributed by atoms with van der Waals surface area (Å²) in [5, 5.41) is 11.3. The lowest BCUT2D eigenvalue weighted by Crippen LogP contribution is -2.52. The number of nitrogens with one attached hydrogen (secondary N) is 1. The fraction of sp³-hybridized carbons (Fsp3) is 0.438. The van der Waals surface area contributed by atoms with Crippen LogP contribution in [0, 0.1) is 5.92 Å². The number of fused-ring (bicyclic) bond motifs is 1. The number of hydrogen-bond acceptors (Lipinski definition) is 3. The third-order valence-electron chi connectivity index (χ3n) is 3.80. The molecule has 0 aromatic heterocycles. The summed E-state index contributed by atoms with van der Waals surface area (Å²) in [6.45, 7) is 5.61. The molecule has 3 amide bonds. The van der Waals surface area contributed by atoms with Gasteiger partial charge >= 0.3 is 6.09 Å². The van der Waals surface area contributed by atoms with Crippen LogP contribution in [0.4, 0.5) is 4.79 Å². The Kier molecular flexibility index (Phi) is 4.49. The molecule has 2 rings (SSSR count). The van der Waals surface area contributed by atoms with E-state index in [0.717, 1.165) is 0 Å². The van der Waals surface area contributed by atoms with Crippen molar-refractivity contribution in [2.45, 2.75) is 39.3 Å². The Morgan fingerprint density at radius 3 is 2.05 bits per heavy atom. The Labute approximate surface area is 129 Å². The first-order valence-corrected chi connectivity index (χ1v) is 7.29. The molecule has 0 fully saturated rings. The van der Waals surface area contributed by atoms with Crippen molar-refractivity contribution in [3.05, 3.63) is 35.4 Å². The summed E-state index contributed by atoms with van der Waals surface area (Å²) in [4.78, 5) is 37.2. The highest BCUT2D eigenvalue weighted by molar-refractivity contribution is 6.21. The molecule has 0 radical (unpaired) electrons. The Balaban J connectivity index is 2.34. The predicted molar refractivity (Wildman–Crippen MR) is 80.8 cm³/mol. The zero-order valence-electron chi connectivity index (χ0n) is 12.9. The van der Waals surface area contributed by atoms with Gasteiger partial charge in [0.25, 0.3) is 11.8 Å². The van der Waals surface area contributed by atoms with Gasteiger partial charge in [0.05, 0.1) is 23.2 Å². The number of benzene rings is 1. The normalized spacial score (nSPS) is 16.6. The van der Waals surface area contributed by atoms with E-state index in [-0.39, 0.29) is 17.7 Å². The third-order valence-corrected chi connectivity index (χ3v) is 3.80. The molecule has 0 saturated carbocycles. The molecule has 0 bridgehead atoms. The van der Waals surface area contributed by atoms with E-state index in [4.69, 9.17) is 5.11 Å². The third kappa shape index (κ3) is 2.95. The molecule has 6 nitrogen and oxygen atoms in total. The molecule has 1 aromatic carbocycles. The molecule has 0 aliphatic carbocycles. The Morgan fingerprint density at radius 1 is 1.14 bits per heavy atom. The van der Waals surface area contributed by atoms with Crippen LogP contribution in [0.25, 0.3) is 0 Å². The molecular weight excluding hydrogens is 284 g/mol. The minimum atomic E-state index is -1.17. The summed E-state index contributed by atoms with van der Waals surface area (Å²) in [6.07, 6.45) is -0.634. The van der Waals surface area contributed by atoms with Gasteiger partial charge in [-0.2, -0.15) is 0 Å². The van der Waals surface area contributed by atoms with Crippen LogP contribution in [-0.2, 0) is 0 Å². The van der Waals surface area contributed by atoms with Gasteiger partial charge in [-0.25, -0.2) is 4.79 Å². The first-order valence-electron chi connectivity index (χ1n) is 7.29. The summed E-state index contributed by atoms with van der Waals surface area (Å²) >= 11 is 0.